The molecule has 15 heavy (non-hydrogen) atoms. The van der Waals surface area contributed by atoms with Crippen molar-refractivity contribution < 1.29 is 9.59 Å². The monoisotopic (exact) mass is 211 g/mol. The highest BCUT2D eigenvalue weighted by molar-refractivity contribution is 6.01. The molecular formula is C12H21NO2. The van der Waals surface area contributed by atoms with Crippen LogP contribution in [0.3, 0.4) is 0 Å². The molecule has 0 saturated carbocycles. The summed E-state index contributed by atoms with van der Waals surface area (Å²) < 4.78 is 0. The van der Waals surface area contributed by atoms with Crippen molar-refractivity contribution >= 4 is 11.8 Å². The van der Waals surface area contributed by atoms with E-state index in [1.807, 2.05) is 34.6 Å². The number of nitrogens with zero attached hydrogens (tertiary/aromatic N) is 1. The largest absolute Gasteiger partial charge is 0.277 e. The number of likely N-dealkylation sites (tertiary alicyclic amines) is 1. The Labute approximate surface area is 91.8 Å². The summed E-state index contributed by atoms with van der Waals surface area (Å²) >= 11 is 0. The molecule has 1 rings (SSSR count). The Hall–Kier alpha value is -0.860. The van der Waals surface area contributed by atoms with Crippen molar-refractivity contribution in [2.75, 3.05) is 0 Å². The zero-order chi connectivity index (χ0) is 11.9. The molecule has 3 heteroatoms. The van der Waals surface area contributed by atoms with Gasteiger partial charge in [0.25, 0.3) is 0 Å². The van der Waals surface area contributed by atoms with Crippen LogP contribution in [0, 0.1) is 5.41 Å². The van der Waals surface area contributed by atoms with Crippen LogP contribution in [-0.4, -0.2) is 22.3 Å². The third kappa shape index (κ3) is 2.06. The van der Waals surface area contributed by atoms with Gasteiger partial charge in [0.15, 0.2) is 0 Å². The van der Waals surface area contributed by atoms with Crippen molar-refractivity contribution in [1.29, 1.82) is 0 Å². The van der Waals surface area contributed by atoms with E-state index in [9.17, 15) is 9.59 Å². The van der Waals surface area contributed by atoms with Crippen LogP contribution in [0.5, 0.6) is 0 Å². The maximum atomic E-state index is 12.2. The van der Waals surface area contributed by atoms with Crippen molar-refractivity contribution in [3.05, 3.63) is 0 Å². The predicted octanol–water partition coefficient (Wildman–Crippen LogP) is 2.35. The minimum atomic E-state index is -0.398. The Bertz CT molecular complexity index is 290. The first-order valence-corrected chi connectivity index (χ1v) is 5.60. The first kappa shape index (κ1) is 12.2. The van der Waals surface area contributed by atoms with Gasteiger partial charge in [0.05, 0.1) is 0 Å². The molecule has 0 radical (unpaired) electrons. The molecule has 0 aromatic heterocycles. The molecule has 1 heterocycles. The molecule has 86 valence electrons. The van der Waals surface area contributed by atoms with Gasteiger partial charge in [0.1, 0.15) is 0 Å². The second kappa shape index (κ2) is 3.62. The summed E-state index contributed by atoms with van der Waals surface area (Å²) in [5.74, 6) is -0.0350. The molecule has 1 atom stereocenters. The van der Waals surface area contributed by atoms with Gasteiger partial charge >= 0.3 is 0 Å². The molecule has 0 spiro atoms. The van der Waals surface area contributed by atoms with Crippen molar-refractivity contribution in [2.45, 2.75) is 59.4 Å². The molecule has 2 amide bonds. The second-order valence-corrected chi connectivity index (χ2v) is 5.62. The van der Waals surface area contributed by atoms with E-state index in [0.29, 0.717) is 12.8 Å². The smallest absolute Gasteiger partial charge is 0.235 e. The van der Waals surface area contributed by atoms with E-state index in [0.717, 1.165) is 6.42 Å². The van der Waals surface area contributed by atoms with E-state index in [4.69, 9.17) is 0 Å². The maximum absolute atomic E-state index is 12.2. The summed E-state index contributed by atoms with van der Waals surface area (Å²) in [5.41, 5.74) is -0.744. The Morgan fingerprint density at radius 3 is 2.27 bits per heavy atom. The molecule has 0 aromatic rings. The van der Waals surface area contributed by atoms with Crippen LogP contribution in [0.15, 0.2) is 0 Å². The van der Waals surface area contributed by atoms with Gasteiger partial charge in [-0.3, -0.25) is 14.5 Å². The van der Waals surface area contributed by atoms with Crippen molar-refractivity contribution in [2.24, 2.45) is 5.41 Å². The standard InChI is InChI=1S/C12H21NO2/c1-6-12(5)8-7-9(14)13(10(12)15)11(2,3)4/h6-8H2,1-5H3. The van der Waals surface area contributed by atoms with Crippen molar-refractivity contribution in [3.63, 3.8) is 0 Å². The van der Waals surface area contributed by atoms with E-state index >= 15 is 0 Å². The van der Waals surface area contributed by atoms with E-state index in [1.54, 1.807) is 0 Å². The summed E-state index contributed by atoms with van der Waals surface area (Å²) in [5, 5.41) is 0. The zero-order valence-corrected chi connectivity index (χ0v) is 10.4. The van der Waals surface area contributed by atoms with Gasteiger partial charge in [-0.05, 0) is 33.6 Å². The Balaban J connectivity index is 3.05. The average molecular weight is 211 g/mol. The average Bonchev–Trinajstić information content (AvgIpc) is 2.10. The summed E-state index contributed by atoms with van der Waals surface area (Å²) in [7, 11) is 0. The van der Waals surface area contributed by atoms with Crippen molar-refractivity contribution in [1.82, 2.24) is 4.90 Å². The minimum Gasteiger partial charge on any atom is -0.277 e. The lowest BCUT2D eigenvalue weighted by Crippen LogP contribution is -2.57. The SMILES string of the molecule is CCC1(C)CCC(=O)N(C(C)(C)C)C1=O. The number of carbonyl (C=O) groups excluding carboxylic acids is 2. The first-order valence-electron chi connectivity index (χ1n) is 5.60. The summed E-state index contributed by atoms with van der Waals surface area (Å²) in [6.07, 6.45) is 1.98. The lowest BCUT2D eigenvalue weighted by atomic mass is 9.77. The molecule has 1 aliphatic rings. The second-order valence-electron chi connectivity index (χ2n) is 5.62. The molecule has 0 bridgehead atoms. The topological polar surface area (TPSA) is 37.4 Å². The van der Waals surface area contributed by atoms with Crippen LogP contribution in [0.25, 0.3) is 0 Å². The summed E-state index contributed by atoms with van der Waals surface area (Å²) in [6, 6.07) is 0. The van der Waals surface area contributed by atoms with Crippen LogP contribution in [-0.2, 0) is 9.59 Å². The van der Waals surface area contributed by atoms with Gasteiger partial charge in [-0.1, -0.05) is 13.8 Å². The third-order valence-electron chi connectivity index (χ3n) is 3.31. The lowest BCUT2D eigenvalue weighted by molar-refractivity contribution is -0.163. The zero-order valence-electron chi connectivity index (χ0n) is 10.4. The lowest BCUT2D eigenvalue weighted by Gasteiger charge is -2.44. The molecule has 1 fully saturated rings. The van der Waals surface area contributed by atoms with Gasteiger partial charge in [0.2, 0.25) is 11.8 Å². The fraction of sp³-hybridized carbons (Fsp3) is 0.833. The van der Waals surface area contributed by atoms with E-state index in [-0.39, 0.29) is 17.2 Å². The van der Waals surface area contributed by atoms with E-state index in [2.05, 4.69) is 0 Å². The quantitative estimate of drug-likeness (QED) is 0.624. The number of hydrogen-bond donors (Lipinski definition) is 0. The van der Waals surface area contributed by atoms with Crippen LogP contribution >= 0.6 is 0 Å². The van der Waals surface area contributed by atoms with Gasteiger partial charge in [-0.2, -0.15) is 0 Å². The number of hydrogen-bond acceptors (Lipinski definition) is 2. The molecule has 1 saturated heterocycles. The molecule has 1 unspecified atom stereocenters. The number of rotatable bonds is 1. The number of piperidine rings is 1. The molecule has 3 nitrogen and oxygen atoms in total. The Morgan fingerprint density at radius 2 is 1.87 bits per heavy atom. The number of carbonyl (C=O) groups is 2. The summed E-state index contributed by atoms with van der Waals surface area (Å²) in [4.78, 5) is 25.4. The highest BCUT2D eigenvalue weighted by Crippen LogP contribution is 2.37. The molecule has 0 aromatic carbocycles. The van der Waals surface area contributed by atoms with Gasteiger partial charge in [0, 0.05) is 17.4 Å². The summed E-state index contributed by atoms with van der Waals surface area (Å²) in [6.45, 7) is 9.69. The van der Waals surface area contributed by atoms with Crippen molar-refractivity contribution in [3.8, 4) is 0 Å². The first-order chi connectivity index (χ1) is 6.72. The van der Waals surface area contributed by atoms with Crippen LogP contribution in [0.4, 0.5) is 0 Å². The Morgan fingerprint density at radius 1 is 1.33 bits per heavy atom. The minimum absolute atomic E-state index is 0.00579. The molecule has 0 aliphatic carbocycles. The van der Waals surface area contributed by atoms with Crippen LogP contribution in [0.2, 0.25) is 0 Å². The fourth-order valence-corrected chi connectivity index (χ4v) is 1.99. The van der Waals surface area contributed by atoms with Gasteiger partial charge in [-0.15, -0.1) is 0 Å². The highest BCUT2D eigenvalue weighted by atomic mass is 16.2. The molecular weight excluding hydrogens is 190 g/mol. The fourth-order valence-electron chi connectivity index (χ4n) is 1.99. The highest BCUT2D eigenvalue weighted by Gasteiger charge is 2.46. The van der Waals surface area contributed by atoms with Crippen LogP contribution < -0.4 is 0 Å². The number of amides is 2. The van der Waals surface area contributed by atoms with E-state index in [1.165, 1.54) is 4.90 Å². The third-order valence-corrected chi connectivity index (χ3v) is 3.31. The number of imide groups is 1. The normalized spacial score (nSPS) is 28.5. The molecule has 1 aliphatic heterocycles. The molecule has 0 N–H and O–H groups in total. The van der Waals surface area contributed by atoms with Gasteiger partial charge in [-0.25, -0.2) is 0 Å². The van der Waals surface area contributed by atoms with Gasteiger partial charge < -0.3 is 0 Å². The Kier molecular flexibility index (Phi) is 2.94. The van der Waals surface area contributed by atoms with Crippen LogP contribution in [0.1, 0.15) is 53.9 Å². The van der Waals surface area contributed by atoms with E-state index < -0.39 is 5.54 Å². The predicted molar refractivity (Wildman–Crippen MR) is 59.2 cm³/mol. The maximum Gasteiger partial charge on any atom is 0.235 e.